The van der Waals surface area contributed by atoms with Crippen LogP contribution in [0.5, 0.6) is 0 Å². The van der Waals surface area contributed by atoms with Gasteiger partial charge in [-0.25, -0.2) is 0 Å². The first kappa shape index (κ1) is 20.0. The van der Waals surface area contributed by atoms with E-state index in [4.69, 9.17) is 0 Å². The summed E-state index contributed by atoms with van der Waals surface area (Å²) in [4.78, 5) is 23.3. The molecule has 1 rings (SSSR count). The summed E-state index contributed by atoms with van der Waals surface area (Å²) in [6, 6.07) is 4.77. The largest absolute Gasteiger partial charge is 0.469 e. The van der Waals surface area contributed by atoms with Crippen LogP contribution in [0.1, 0.15) is 44.2 Å². The van der Waals surface area contributed by atoms with Gasteiger partial charge in [-0.2, -0.15) is 13.2 Å². The summed E-state index contributed by atoms with van der Waals surface area (Å²) in [5.41, 5.74) is -1.58. The third kappa shape index (κ3) is 5.54. The Morgan fingerprint density at radius 2 is 1.75 bits per heavy atom. The molecule has 0 aliphatic rings. The molecule has 0 aliphatic carbocycles. The van der Waals surface area contributed by atoms with E-state index in [9.17, 15) is 22.8 Å². The van der Waals surface area contributed by atoms with Crippen molar-refractivity contribution in [1.82, 2.24) is 5.32 Å². The van der Waals surface area contributed by atoms with Gasteiger partial charge in [0.05, 0.1) is 18.1 Å². The summed E-state index contributed by atoms with van der Waals surface area (Å²) in [5.74, 6) is -0.675. The lowest BCUT2D eigenvalue weighted by atomic mass is 9.83. The van der Waals surface area contributed by atoms with E-state index in [0.717, 1.165) is 12.1 Å². The van der Waals surface area contributed by atoms with Gasteiger partial charge in [0.25, 0.3) is 0 Å². The molecule has 4 nitrogen and oxygen atoms in total. The molecule has 1 amide bonds. The number of nitrogens with one attached hydrogen (secondary N) is 1. The molecule has 1 aromatic rings. The summed E-state index contributed by atoms with van der Waals surface area (Å²) >= 11 is 0. The van der Waals surface area contributed by atoms with E-state index in [1.165, 1.54) is 19.2 Å². The molecule has 0 saturated heterocycles. The van der Waals surface area contributed by atoms with Crippen LogP contribution in [0.4, 0.5) is 13.2 Å². The lowest BCUT2D eigenvalue weighted by Crippen LogP contribution is -2.40. The third-order valence-electron chi connectivity index (χ3n) is 3.80. The molecule has 0 saturated carbocycles. The van der Waals surface area contributed by atoms with E-state index in [0.29, 0.717) is 24.9 Å². The van der Waals surface area contributed by atoms with Crippen LogP contribution in [0.2, 0.25) is 0 Å². The Labute approximate surface area is 139 Å². The second-order valence-corrected chi connectivity index (χ2v) is 5.99. The first-order valence-electron chi connectivity index (χ1n) is 7.62. The molecule has 0 spiro atoms. The molecule has 0 heterocycles. The van der Waals surface area contributed by atoms with Crippen LogP contribution < -0.4 is 5.32 Å². The molecule has 0 fully saturated rings. The van der Waals surface area contributed by atoms with E-state index in [2.05, 4.69) is 10.1 Å². The minimum absolute atomic E-state index is 0.267. The Morgan fingerprint density at radius 3 is 2.33 bits per heavy atom. The maximum atomic E-state index is 12.8. The standard InChI is InChI=1S/C17H22F3NO3/c1-16(2,12-7-6-8-13(11-12)17(18,19)20)15(23)21-10-5-4-9-14(22)24-3/h6-8,11H,4-5,9-10H2,1-3H3,(H,21,23). The van der Waals surface area contributed by atoms with Crippen molar-refractivity contribution in [2.24, 2.45) is 0 Å². The Bertz CT molecular complexity index is 583. The maximum Gasteiger partial charge on any atom is 0.416 e. The number of amides is 1. The first-order chi connectivity index (χ1) is 11.1. The predicted octanol–water partition coefficient (Wildman–Crippen LogP) is 3.44. The van der Waals surface area contributed by atoms with E-state index in [1.807, 2.05) is 0 Å². The van der Waals surface area contributed by atoms with Gasteiger partial charge in [0.1, 0.15) is 0 Å². The Morgan fingerprint density at radius 1 is 1.12 bits per heavy atom. The van der Waals surface area contributed by atoms with Crippen molar-refractivity contribution in [3.05, 3.63) is 35.4 Å². The van der Waals surface area contributed by atoms with E-state index in [-0.39, 0.29) is 18.3 Å². The number of halogens is 3. The van der Waals surface area contributed by atoms with Gasteiger partial charge in [-0.05, 0) is 38.3 Å². The molecule has 0 bridgehead atoms. The van der Waals surface area contributed by atoms with Crippen molar-refractivity contribution in [3.63, 3.8) is 0 Å². The highest BCUT2D eigenvalue weighted by Crippen LogP contribution is 2.32. The second kappa shape index (κ2) is 8.17. The number of methoxy groups -OCH3 is 1. The van der Waals surface area contributed by atoms with E-state index < -0.39 is 17.2 Å². The normalized spacial score (nSPS) is 11.9. The average molecular weight is 345 g/mol. The molecule has 0 aliphatic heterocycles. The molecular weight excluding hydrogens is 323 g/mol. The number of rotatable bonds is 7. The third-order valence-corrected chi connectivity index (χ3v) is 3.80. The number of carbonyl (C=O) groups excluding carboxylic acids is 2. The molecule has 24 heavy (non-hydrogen) atoms. The number of unbranched alkanes of at least 4 members (excludes halogenated alkanes) is 1. The number of carbonyl (C=O) groups is 2. The topological polar surface area (TPSA) is 55.4 Å². The van der Waals surface area contributed by atoms with Gasteiger partial charge in [0.15, 0.2) is 0 Å². The summed E-state index contributed by atoms with van der Waals surface area (Å²) < 4.78 is 42.9. The van der Waals surface area contributed by atoms with Crippen LogP contribution in [-0.2, 0) is 25.9 Å². The predicted molar refractivity (Wildman–Crippen MR) is 83.3 cm³/mol. The molecule has 7 heteroatoms. The molecule has 0 atom stereocenters. The number of alkyl halides is 3. The fourth-order valence-electron chi connectivity index (χ4n) is 2.13. The molecule has 134 valence electrons. The Kier molecular flexibility index (Phi) is 6.81. The van der Waals surface area contributed by atoms with Crippen molar-refractivity contribution in [3.8, 4) is 0 Å². The van der Waals surface area contributed by atoms with Gasteiger partial charge in [0.2, 0.25) is 5.91 Å². The van der Waals surface area contributed by atoms with Crippen LogP contribution in [-0.4, -0.2) is 25.5 Å². The SMILES string of the molecule is COC(=O)CCCCNC(=O)C(C)(C)c1cccc(C(F)(F)F)c1. The summed E-state index contributed by atoms with van der Waals surface area (Å²) in [6.45, 7) is 3.50. The number of esters is 1. The van der Waals surface area contributed by atoms with Crippen LogP contribution in [0, 0.1) is 0 Å². The zero-order chi connectivity index (χ0) is 18.4. The van der Waals surface area contributed by atoms with Gasteiger partial charge in [-0.15, -0.1) is 0 Å². The molecule has 0 radical (unpaired) electrons. The van der Waals surface area contributed by atoms with Gasteiger partial charge < -0.3 is 10.1 Å². The van der Waals surface area contributed by atoms with Crippen molar-refractivity contribution < 1.29 is 27.5 Å². The zero-order valence-electron chi connectivity index (χ0n) is 14.0. The van der Waals surface area contributed by atoms with Gasteiger partial charge in [-0.1, -0.05) is 18.2 Å². The number of hydrogen-bond acceptors (Lipinski definition) is 3. The first-order valence-corrected chi connectivity index (χ1v) is 7.62. The summed E-state index contributed by atoms with van der Waals surface area (Å²) in [7, 11) is 1.31. The molecular formula is C17H22F3NO3. The number of benzene rings is 1. The lowest BCUT2D eigenvalue weighted by Gasteiger charge is -2.25. The van der Waals surface area contributed by atoms with E-state index in [1.54, 1.807) is 13.8 Å². The van der Waals surface area contributed by atoms with Crippen LogP contribution in [0.25, 0.3) is 0 Å². The minimum Gasteiger partial charge on any atom is -0.469 e. The lowest BCUT2D eigenvalue weighted by molar-refractivity contribution is -0.140. The monoisotopic (exact) mass is 345 g/mol. The summed E-state index contributed by atoms with van der Waals surface area (Å²) in [6.07, 6.45) is -3.03. The maximum absolute atomic E-state index is 12.8. The van der Waals surface area contributed by atoms with E-state index >= 15 is 0 Å². The average Bonchev–Trinajstić information content (AvgIpc) is 2.53. The minimum atomic E-state index is -4.45. The number of hydrogen-bond donors (Lipinski definition) is 1. The Balaban J connectivity index is 2.64. The van der Waals surface area contributed by atoms with Gasteiger partial charge in [-0.3, -0.25) is 9.59 Å². The zero-order valence-corrected chi connectivity index (χ0v) is 14.0. The number of ether oxygens (including phenoxy) is 1. The van der Waals surface area contributed by atoms with Crippen molar-refractivity contribution in [1.29, 1.82) is 0 Å². The van der Waals surface area contributed by atoms with Crippen molar-refractivity contribution in [2.45, 2.75) is 44.7 Å². The highest BCUT2D eigenvalue weighted by Gasteiger charge is 2.34. The van der Waals surface area contributed by atoms with Crippen molar-refractivity contribution >= 4 is 11.9 Å². The van der Waals surface area contributed by atoms with Gasteiger partial charge >= 0.3 is 12.1 Å². The highest BCUT2D eigenvalue weighted by molar-refractivity contribution is 5.87. The quantitative estimate of drug-likeness (QED) is 0.608. The Hall–Kier alpha value is -2.05. The molecule has 1 aromatic carbocycles. The fourth-order valence-corrected chi connectivity index (χ4v) is 2.13. The fraction of sp³-hybridized carbons (Fsp3) is 0.529. The van der Waals surface area contributed by atoms with Crippen LogP contribution >= 0.6 is 0 Å². The smallest absolute Gasteiger partial charge is 0.416 e. The van der Waals surface area contributed by atoms with Crippen molar-refractivity contribution in [2.75, 3.05) is 13.7 Å². The highest BCUT2D eigenvalue weighted by atomic mass is 19.4. The molecule has 1 N–H and O–H groups in total. The molecule has 0 aromatic heterocycles. The summed E-state index contributed by atoms with van der Waals surface area (Å²) in [5, 5.41) is 2.70. The van der Waals surface area contributed by atoms with Crippen LogP contribution in [0.3, 0.4) is 0 Å². The van der Waals surface area contributed by atoms with Gasteiger partial charge in [0, 0.05) is 13.0 Å². The molecule has 0 unspecified atom stereocenters. The second-order valence-electron chi connectivity index (χ2n) is 5.99. The van der Waals surface area contributed by atoms with Crippen LogP contribution in [0.15, 0.2) is 24.3 Å².